The molecule has 2 aliphatic carbocycles. The van der Waals surface area contributed by atoms with E-state index in [4.69, 9.17) is 5.73 Å². The van der Waals surface area contributed by atoms with Crippen LogP contribution in [0, 0.1) is 17.8 Å². The van der Waals surface area contributed by atoms with E-state index in [0.29, 0.717) is 18.2 Å². The number of carbonyl (C=O) groups is 1. The molecule has 1 heterocycles. The van der Waals surface area contributed by atoms with Gasteiger partial charge in [0.05, 0.1) is 0 Å². The van der Waals surface area contributed by atoms with E-state index in [1.807, 2.05) is 17.3 Å². The molecule has 3 atom stereocenters. The SMILES string of the molecule is CN(CC1CC2CCC1C2)C(=O)c1csc(CN)n1. The second-order valence-corrected chi connectivity index (χ2v) is 6.89. The van der Waals surface area contributed by atoms with Crippen molar-refractivity contribution in [2.24, 2.45) is 23.5 Å². The minimum atomic E-state index is 0.0405. The summed E-state index contributed by atoms with van der Waals surface area (Å²) in [5.74, 6) is 2.54. The summed E-state index contributed by atoms with van der Waals surface area (Å²) >= 11 is 1.47. The van der Waals surface area contributed by atoms with Crippen LogP contribution in [0.25, 0.3) is 0 Å². The van der Waals surface area contributed by atoms with Crippen LogP contribution in [-0.2, 0) is 6.54 Å². The summed E-state index contributed by atoms with van der Waals surface area (Å²) in [4.78, 5) is 18.4. The van der Waals surface area contributed by atoms with Crippen LogP contribution in [0.1, 0.15) is 41.2 Å². The van der Waals surface area contributed by atoms with E-state index in [2.05, 4.69) is 4.98 Å². The maximum absolute atomic E-state index is 12.3. The number of nitrogens with zero attached hydrogens (tertiary/aromatic N) is 2. The molecule has 0 spiro atoms. The molecule has 2 N–H and O–H groups in total. The lowest BCUT2D eigenvalue weighted by Gasteiger charge is -2.26. The zero-order valence-electron chi connectivity index (χ0n) is 11.3. The molecule has 3 rings (SSSR count). The number of hydrogen-bond acceptors (Lipinski definition) is 4. The summed E-state index contributed by atoms with van der Waals surface area (Å²) in [7, 11) is 1.90. The average Bonchev–Trinajstić information content (AvgIpc) is 3.13. The topological polar surface area (TPSA) is 59.2 Å². The number of carbonyl (C=O) groups excluding carboxylic acids is 1. The quantitative estimate of drug-likeness (QED) is 0.918. The number of rotatable bonds is 4. The number of nitrogens with two attached hydrogens (primary N) is 1. The number of thiazole rings is 1. The summed E-state index contributed by atoms with van der Waals surface area (Å²) in [5, 5.41) is 2.65. The van der Waals surface area contributed by atoms with Crippen LogP contribution in [0.5, 0.6) is 0 Å². The maximum atomic E-state index is 12.3. The Kier molecular flexibility index (Phi) is 3.58. The third-order valence-corrected chi connectivity index (χ3v) is 5.56. The van der Waals surface area contributed by atoms with Gasteiger partial charge in [-0.1, -0.05) is 6.42 Å². The Bertz CT molecular complexity index is 473. The van der Waals surface area contributed by atoms with Gasteiger partial charge in [0.15, 0.2) is 0 Å². The number of aromatic nitrogens is 1. The molecule has 0 radical (unpaired) electrons. The summed E-state index contributed by atoms with van der Waals surface area (Å²) in [5.41, 5.74) is 6.09. The van der Waals surface area contributed by atoms with Crippen molar-refractivity contribution in [3.05, 3.63) is 16.1 Å². The zero-order chi connectivity index (χ0) is 13.4. The van der Waals surface area contributed by atoms with Crippen LogP contribution in [0.4, 0.5) is 0 Å². The molecule has 1 amide bonds. The molecular weight excluding hydrogens is 258 g/mol. The van der Waals surface area contributed by atoms with Crippen LogP contribution < -0.4 is 5.73 Å². The molecule has 1 aromatic heterocycles. The van der Waals surface area contributed by atoms with E-state index in [1.54, 1.807) is 0 Å². The largest absolute Gasteiger partial charge is 0.340 e. The van der Waals surface area contributed by atoms with Crippen LogP contribution in [0.15, 0.2) is 5.38 Å². The predicted molar refractivity (Wildman–Crippen MR) is 75.9 cm³/mol. The van der Waals surface area contributed by atoms with Crippen molar-refractivity contribution in [3.8, 4) is 0 Å². The van der Waals surface area contributed by atoms with Crippen molar-refractivity contribution < 1.29 is 4.79 Å². The third kappa shape index (κ3) is 2.54. The Balaban J connectivity index is 1.60. The molecule has 2 aliphatic rings. The second-order valence-electron chi connectivity index (χ2n) is 5.95. The Morgan fingerprint density at radius 3 is 2.95 bits per heavy atom. The fraction of sp³-hybridized carbons (Fsp3) is 0.714. The molecule has 4 nitrogen and oxygen atoms in total. The van der Waals surface area contributed by atoms with Crippen LogP contribution in [0.3, 0.4) is 0 Å². The van der Waals surface area contributed by atoms with Gasteiger partial charge in [-0.2, -0.15) is 0 Å². The smallest absolute Gasteiger partial charge is 0.273 e. The minimum absolute atomic E-state index is 0.0405. The molecular formula is C14H21N3OS. The van der Waals surface area contributed by atoms with Crippen molar-refractivity contribution in [2.75, 3.05) is 13.6 Å². The Labute approximate surface area is 118 Å². The summed E-state index contributed by atoms with van der Waals surface area (Å²) in [6, 6.07) is 0. The van der Waals surface area contributed by atoms with Gasteiger partial charge in [-0.3, -0.25) is 4.79 Å². The molecule has 3 unspecified atom stereocenters. The van der Waals surface area contributed by atoms with E-state index in [9.17, 15) is 4.79 Å². The molecule has 2 fully saturated rings. The van der Waals surface area contributed by atoms with Gasteiger partial charge in [-0.25, -0.2) is 4.98 Å². The van der Waals surface area contributed by atoms with Crippen LogP contribution >= 0.6 is 11.3 Å². The Hall–Kier alpha value is -0.940. The fourth-order valence-electron chi connectivity index (χ4n) is 3.73. The highest BCUT2D eigenvalue weighted by molar-refractivity contribution is 7.09. The van der Waals surface area contributed by atoms with Crippen molar-refractivity contribution in [1.82, 2.24) is 9.88 Å². The lowest BCUT2D eigenvalue weighted by molar-refractivity contribution is 0.0749. The molecule has 104 valence electrons. The Morgan fingerprint density at radius 2 is 2.37 bits per heavy atom. The standard InChI is InChI=1S/C14H21N3OS/c1-17(7-11-5-9-2-3-10(11)4-9)14(18)12-8-19-13(6-15)16-12/h8-11H,2-7,15H2,1H3. The van der Waals surface area contributed by atoms with Gasteiger partial charge in [0, 0.05) is 25.5 Å². The van der Waals surface area contributed by atoms with E-state index < -0.39 is 0 Å². The maximum Gasteiger partial charge on any atom is 0.273 e. The Morgan fingerprint density at radius 1 is 1.53 bits per heavy atom. The lowest BCUT2D eigenvalue weighted by Crippen LogP contribution is -2.34. The first-order chi connectivity index (χ1) is 9.17. The molecule has 0 aromatic carbocycles. The minimum Gasteiger partial charge on any atom is -0.340 e. The fourth-order valence-corrected chi connectivity index (χ4v) is 4.38. The van der Waals surface area contributed by atoms with E-state index in [0.717, 1.165) is 23.4 Å². The van der Waals surface area contributed by atoms with Crippen molar-refractivity contribution >= 4 is 17.2 Å². The van der Waals surface area contributed by atoms with Gasteiger partial charge >= 0.3 is 0 Å². The summed E-state index contributed by atoms with van der Waals surface area (Å²) in [6.07, 6.45) is 5.48. The molecule has 1 aromatic rings. The number of fused-ring (bicyclic) bond motifs is 2. The highest BCUT2D eigenvalue weighted by Gasteiger charge is 2.40. The zero-order valence-corrected chi connectivity index (χ0v) is 12.2. The van der Waals surface area contributed by atoms with Crippen molar-refractivity contribution in [3.63, 3.8) is 0 Å². The average molecular weight is 279 g/mol. The highest BCUT2D eigenvalue weighted by Crippen LogP contribution is 2.48. The highest BCUT2D eigenvalue weighted by atomic mass is 32.1. The summed E-state index contributed by atoms with van der Waals surface area (Å²) in [6.45, 7) is 1.30. The van der Waals surface area contributed by atoms with Crippen molar-refractivity contribution in [1.29, 1.82) is 0 Å². The van der Waals surface area contributed by atoms with Gasteiger partial charge in [0.2, 0.25) is 0 Å². The van der Waals surface area contributed by atoms with E-state index >= 15 is 0 Å². The first-order valence-electron chi connectivity index (χ1n) is 7.07. The van der Waals surface area contributed by atoms with Crippen molar-refractivity contribution in [2.45, 2.75) is 32.2 Å². The van der Waals surface area contributed by atoms with Crippen LogP contribution in [0.2, 0.25) is 0 Å². The predicted octanol–water partition coefficient (Wildman–Crippen LogP) is 2.11. The van der Waals surface area contributed by atoms with Crippen LogP contribution in [-0.4, -0.2) is 29.4 Å². The van der Waals surface area contributed by atoms with E-state index in [-0.39, 0.29) is 5.91 Å². The number of amides is 1. The lowest BCUT2D eigenvalue weighted by atomic mass is 9.88. The second kappa shape index (κ2) is 5.21. The molecule has 2 bridgehead atoms. The summed E-state index contributed by atoms with van der Waals surface area (Å²) < 4.78 is 0. The third-order valence-electron chi connectivity index (χ3n) is 4.69. The normalized spacial score (nSPS) is 28.8. The molecule has 5 heteroatoms. The van der Waals surface area contributed by atoms with Gasteiger partial charge in [0.25, 0.3) is 5.91 Å². The molecule has 2 saturated carbocycles. The first-order valence-corrected chi connectivity index (χ1v) is 7.95. The van der Waals surface area contributed by atoms with Gasteiger partial charge in [0.1, 0.15) is 10.7 Å². The van der Waals surface area contributed by atoms with Gasteiger partial charge < -0.3 is 10.6 Å². The first kappa shape index (κ1) is 13.1. The molecule has 0 saturated heterocycles. The molecule has 19 heavy (non-hydrogen) atoms. The van der Waals surface area contributed by atoms with Gasteiger partial charge in [-0.15, -0.1) is 11.3 Å². The number of hydrogen-bond donors (Lipinski definition) is 1. The molecule has 0 aliphatic heterocycles. The van der Waals surface area contributed by atoms with E-state index in [1.165, 1.54) is 37.0 Å². The van der Waals surface area contributed by atoms with Gasteiger partial charge in [-0.05, 0) is 37.0 Å². The monoisotopic (exact) mass is 279 g/mol.